The number of hydrogen-bond donors (Lipinski definition) is 1. The van der Waals surface area contributed by atoms with E-state index in [2.05, 4.69) is 28.3 Å². The third kappa shape index (κ3) is 3.28. The number of rotatable bonds is 5. The van der Waals surface area contributed by atoms with Crippen molar-refractivity contribution in [2.45, 2.75) is 20.0 Å². The van der Waals surface area contributed by atoms with Gasteiger partial charge in [0.2, 0.25) is 5.88 Å². The van der Waals surface area contributed by atoms with Crippen molar-refractivity contribution in [3.8, 4) is 5.88 Å². The van der Waals surface area contributed by atoms with Gasteiger partial charge in [-0.3, -0.25) is 4.98 Å². The summed E-state index contributed by atoms with van der Waals surface area (Å²) in [5, 5.41) is 3.35. The van der Waals surface area contributed by atoms with E-state index < -0.39 is 0 Å². The van der Waals surface area contributed by atoms with E-state index in [1.54, 1.807) is 7.11 Å². The number of hydrogen-bond acceptors (Lipinski definition) is 4. The van der Waals surface area contributed by atoms with E-state index in [-0.39, 0.29) is 0 Å². The summed E-state index contributed by atoms with van der Waals surface area (Å²) in [6.45, 7) is 3.60. The molecular formula is C14H17N3O. The fraction of sp³-hybridized carbons (Fsp3) is 0.286. The fourth-order valence-corrected chi connectivity index (χ4v) is 1.66. The number of nitrogens with zero attached hydrogens (tertiary/aromatic N) is 2. The normalized spacial score (nSPS) is 10.3. The Labute approximate surface area is 107 Å². The largest absolute Gasteiger partial charge is 0.481 e. The Kier molecular flexibility index (Phi) is 4.25. The molecule has 0 saturated heterocycles. The first-order chi connectivity index (χ1) is 8.79. The van der Waals surface area contributed by atoms with Gasteiger partial charge in [-0.05, 0) is 24.1 Å². The van der Waals surface area contributed by atoms with Gasteiger partial charge in [0.1, 0.15) is 0 Å². The third-order valence-corrected chi connectivity index (χ3v) is 2.75. The van der Waals surface area contributed by atoms with E-state index in [1.807, 2.05) is 30.6 Å². The molecule has 0 aliphatic rings. The molecule has 2 rings (SSSR count). The minimum Gasteiger partial charge on any atom is -0.481 e. The summed E-state index contributed by atoms with van der Waals surface area (Å²) in [7, 11) is 1.62. The SMILES string of the molecule is COc1ccc(CNCc2ncccc2C)cn1. The van der Waals surface area contributed by atoms with Crippen LogP contribution in [0.1, 0.15) is 16.8 Å². The van der Waals surface area contributed by atoms with Crippen molar-refractivity contribution in [1.82, 2.24) is 15.3 Å². The second kappa shape index (κ2) is 6.12. The van der Waals surface area contributed by atoms with Crippen molar-refractivity contribution in [2.24, 2.45) is 0 Å². The smallest absolute Gasteiger partial charge is 0.212 e. The fourth-order valence-electron chi connectivity index (χ4n) is 1.66. The van der Waals surface area contributed by atoms with E-state index >= 15 is 0 Å². The summed E-state index contributed by atoms with van der Waals surface area (Å²) in [5.41, 5.74) is 3.42. The number of aromatic nitrogens is 2. The molecule has 4 nitrogen and oxygen atoms in total. The Bertz CT molecular complexity index is 497. The molecule has 0 aliphatic carbocycles. The minimum absolute atomic E-state index is 0.638. The zero-order valence-electron chi connectivity index (χ0n) is 10.7. The van der Waals surface area contributed by atoms with E-state index in [4.69, 9.17) is 4.74 Å². The molecule has 18 heavy (non-hydrogen) atoms. The van der Waals surface area contributed by atoms with Gasteiger partial charge in [-0.25, -0.2) is 4.98 Å². The molecule has 0 saturated carbocycles. The molecule has 0 amide bonds. The van der Waals surface area contributed by atoms with Gasteiger partial charge >= 0.3 is 0 Å². The molecule has 94 valence electrons. The lowest BCUT2D eigenvalue weighted by atomic mass is 10.2. The summed E-state index contributed by atoms with van der Waals surface area (Å²) in [4.78, 5) is 8.50. The first-order valence-corrected chi connectivity index (χ1v) is 5.89. The molecule has 2 aromatic rings. The van der Waals surface area contributed by atoms with Gasteiger partial charge in [-0.2, -0.15) is 0 Å². The second-order valence-electron chi connectivity index (χ2n) is 4.08. The van der Waals surface area contributed by atoms with Gasteiger partial charge in [-0.15, -0.1) is 0 Å². The van der Waals surface area contributed by atoms with Crippen LogP contribution in [-0.4, -0.2) is 17.1 Å². The predicted octanol–water partition coefficient (Wildman–Crippen LogP) is 2.08. The maximum Gasteiger partial charge on any atom is 0.212 e. The zero-order valence-corrected chi connectivity index (χ0v) is 10.7. The summed E-state index contributed by atoms with van der Waals surface area (Å²) in [6.07, 6.45) is 3.63. The van der Waals surface area contributed by atoms with Crippen molar-refractivity contribution in [2.75, 3.05) is 7.11 Å². The number of methoxy groups -OCH3 is 1. The van der Waals surface area contributed by atoms with Crippen molar-refractivity contribution in [3.05, 3.63) is 53.5 Å². The molecule has 0 aromatic carbocycles. The maximum absolute atomic E-state index is 5.02. The molecule has 4 heteroatoms. The lowest BCUT2D eigenvalue weighted by Gasteiger charge is -2.07. The van der Waals surface area contributed by atoms with Crippen molar-refractivity contribution in [1.29, 1.82) is 0 Å². The average Bonchev–Trinajstić information content (AvgIpc) is 2.42. The van der Waals surface area contributed by atoms with E-state index in [1.165, 1.54) is 5.56 Å². The Morgan fingerprint density at radius 1 is 1.17 bits per heavy atom. The van der Waals surface area contributed by atoms with E-state index in [0.29, 0.717) is 5.88 Å². The monoisotopic (exact) mass is 243 g/mol. The van der Waals surface area contributed by atoms with Crippen LogP contribution in [-0.2, 0) is 13.1 Å². The molecule has 0 unspecified atom stereocenters. The molecular weight excluding hydrogens is 226 g/mol. The highest BCUT2D eigenvalue weighted by molar-refractivity contribution is 5.19. The van der Waals surface area contributed by atoms with Crippen LogP contribution in [0.25, 0.3) is 0 Å². The summed E-state index contributed by atoms with van der Waals surface area (Å²) in [6, 6.07) is 7.89. The molecule has 0 spiro atoms. The lowest BCUT2D eigenvalue weighted by molar-refractivity contribution is 0.397. The minimum atomic E-state index is 0.638. The van der Waals surface area contributed by atoms with Crippen LogP contribution < -0.4 is 10.1 Å². The van der Waals surface area contributed by atoms with E-state index in [0.717, 1.165) is 24.3 Å². The number of ether oxygens (including phenoxy) is 1. The molecule has 0 radical (unpaired) electrons. The molecule has 0 fully saturated rings. The van der Waals surface area contributed by atoms with Gasteiger partial charge in [0.05, 0.1) is 12.8 Å². The lowest BCUT2D eigenvalue weighted by Crippen LogP contribution is -2.14. The standard InChI is InChI=1S/C14H17N3O/c1-11-4-3-7-16-13(11)10-15-8-12-5-6-14(18-2)17-9-12/h3-7,9,15H,8,10H2,1-2H3. The Hall–Kier alpha value is -1.94. The van der Waals surface area contributed by atoms with Crippen molar-refractivity contribution >= 4 is 0 Å². The zero-order chi connectivity index (χ0) is 12.8. The molecule has 0 atom stereocenters. The molecule has 0 bridgehead atoms. The highest BCUT2D eigenvalue weighted by atomic mass is 16.5. The summed E-state index contributed by atoms with van der Waals surface area (Å²) < 4.78 is 5.02. The molecule has 2 aromatic heterocycles. The van der Waals surface area contributed by atoms with Crippen LogP contribution in [0.2, 0.25) is 0 Å². The summed E-state index contributed by atoms with van der Waals surface area (Å²) in [5.74, 6) is 0.638. The predicted molar refractivity (Wildman–Crippen MR) is 70.3 cm³/mol. The number of pyridine rings is 2. The average molecular weight is 243 g/mol. The van der Waals surface area contributed by atoms with Crippen LogP contribution in [0, 0.1) is 6.92 Å². The van der Waals surface area contributed by atoms with Crippen molar-refractivity contribution < 1.29 is 4.74 Å². The highest BCUT2D eigenvalue weighted by Gasteiger charge is 1.99. The van der Waals surface area contributed by atoms with Crippen LogP contribution >= 0.6 is 0 Å². The first kappa shape index (κ1) is 12.5. The Balaban J connectivity index is 1.86. The number of nitrogens with one attached hydrogen (secondary N) is 1. The van der Waals surface area contributed by atoms with Gasteiger partial charge in [0, 0.05) is 31.5 Å². The topological polar surface area (TPSA) is 47.0 Å². The summed E-state index contributed by atoms with van der Waals surface area (Å²) >= 11 is 0. The van der Waals surface area contributed by atoms with Crippen LogP contribution in [0.4, 0.5) is 0 Å². The third-order valence-electron chi connectivity index (χ3n) is 2.75. The van der Waals surface area contributed by atoms with Gasteiger partial charge in [0.25, 0.3) is 0 Å². The highest BCUT2D eigenvalue weighted by Crippen LogP contribution is 2.07. The van der Waals surface area contributed by atoms with Gasteiger partial charge in [-0.1, -0.05) is 12.1 Å². The Morgan fingerprint density at radius 3 is 2.72 bits per heavy atom. The van der Waals surface area contributed by atoms with Crippen LogP contribution in [0.15, 0.2) is 36.7 Å². The second-order valence-corrected chi connectivity index (χ2v) is 4.08. The van der Waals surface area contributed by atoms with Gasteiger partial charge < -0.3 is 10.1 Å². The van der Waals surface area contributed by atoms with E-state index in [9.17, 15) is 0 Å². The molecule has 0 aliphatic heterocycles. The van der Waals surface area contributed by atoms with Crippen LogP contribution in [0.3, 0.4) is 0 Å². The number of aryl methyl sites for hydroxylation is 1. The first-order valence-electron chi connectivity index (χ1n) is 5.89. The molecule has 2 heterocycles. The van der Waals surface area contributed by atoms with Crippen molar-refractivity contribution in [3.63, 3.8) is 0 Å². The maximum atomic E-state index is 5.02. The van der Waals surface area contributed by atoms with Gasteiger partial charge in [0.15, 0.2) is 0 Å². The Morgan fingerprint density at radius 2 is 2.06 bits per heavy atom. The quantitative estimate of drug-likeness (QED) is 0.873. The molecule has 1 N–H and O–H groups in total. The van der Waals surface area contributed by atoms with Crippen LogP contribution in [0.5, 0.6) is 5.88 Å².